The predicted molar refractivity (Wildman–Crippen MR) is 153 cm³/mol. The Kier molecular flexibility index (Phi) is 10.7. The van der Waals surface area contributed by atoms with Crippen LogP contribution in [0.15, 0.2) is 66.7 Å². The molecule has 0 N–H and O–H groups in total. The molecule has 0 bridgehead atoms. The largest absolute Gasteiger partial charge is 0.490 e. The average Bonchev–Trinajstić information content (AvgIpc) is 2.95. The van der Waals surface area contributed by atoms with E-state index in [0.717, 1.165) is 43.2 Å². The highest BCUT2D eigenvalue weighted by atomic mass is 19.2. The van der Waals surface area contributed by atoms with Gasteiger partial charge in [-0.25, -0.2) is 8.78 Å². The van der Waals surface area contributed by atoms with Crippen molar-refractivity contribution in [3.63, 3.8) is 0 Å². The minimum absolute atomic E-state index is 0.0403. The first-order chi connectivity index (χ1) is 19.0. The topological polar surface area (TPSA) is 18.5 Å². The van der Waals surface area contributed by atoms with Crippen molar-refractivity contribution in [3.05, 3.63) is 89.8 Å². The maximum absolute atomic E-state index is 15.1. The minimum atomic E-state index is -0.969. The molecule has 39 heavy (non-hydrogen) atoms. The number of rotatable bonds is 12. The molecule has 1 fully saturated rings. The maximum atomic E-state index is 15.1. The molecule has 1 aliphatic heterocycles. The lowest BCUT2D eigenvalue weighted by molar-refractivity contribution is 0.0319. The molecule has 1 saturated heterocycles. The van der Waals surface area contributed by atoms with E-state index in [1.165, 1.54) is 25.3 Å². The van der Waals surface area contributed by atoms with Crippen LogP contribution < -0.4 is 4.74 Å². The molecule has 0 aromatic heterocycles. The second-order valence-corrected chi connectivity index (χ2v) is 10.3. The fourth-order valence-corrected chi connectivity index (χ4v) is 5.19. The molecule has 2 nitrogen and oxygen atoms in total. The third kappa shape index (κ3) is 7.54. The van der Waals surface area contributed by atoms with Crippen molar-refractivity contribution in [2.75, 3.05) is 13.2 Å². The van der Waals surface area contributed by atoms with Gasteiger partial charge in [-0.15, -0.1) is 0 Å². The van der Waals surface area contributed by atoms with E-state index in [4.69, 9.17) is 9.47 Å². The lowest BCUT2D eigenvalue weighted by Crippen LogP contribution is -2.23. The van der Waals surface area contributed by atoms with Crippen molar-refractivity contribution in [3.8, 4) is 28.0 Å². The Balaban J connectivity index is 1.38. The van der Waals surface area contributed by atoms with Gasteiger partial charge in [0.15, 0.2) is 11.6 Å². The lowest BCUT2D eigenvalue weighted by atomic mass is 9.89. The van der Waals surface area contributed by atoms with E-state index in [2.05, 4.69) is 6.92 Å². The summed E-state index contributed by atoms with van der Waals surface area (Å²) in [6, 6.07) is 15.4. The summed E-state index contributed by atoms with van der Waals surface area (Å²) in [6.45, 7) is 5.02. The Morgan fingerprint density at radius 2 is 1.54 bits per heavy atom. The first kappa shape index (κ1) is 28.9. The van der Waals surface area contributed by atoms with Crippen LogP contribution >= 0.6 is 0 Å². The minimum Gasteiger partial charge on any atom is -0.490 e. The quantitative estimate of drug-likeness (QED) is 0.169. The van der Waals surface area contributed by atoms with Crippen LogP contribution in [0, 0.1) is 17.5 Å². The zero-order chi connectivity index (χ0) is 27.6. The zero-order valence-electron chi connectivity index (χ0n) is 23.0. The van der Waals surface area contributed by atoms with Gasteiger partial charge in [-0.05, 0) is 66.6 Å². The second kappa shape index (κ2) is 14.4. The van der Waals surface area contributed by atoms with Crippen molar-refractivity contribution < 1.29 is 22.6 Å². The van der Waals surface area contributed by atoms with Gasteiger partial charge in [0.25, 0.3) is 0 Å². The summed E-state index contributed by atoms with van der Waals surface area (Å²) in [5.41, 5.74) is 2.92. The van der Waals surface area contributed by atoms with E-state index in [-0.39, 0.29) is 29.2 Å². The average molecular weight is 537 g/mol. The predicted octanol–water partition coefficient (Wildman–Crippen LogP) is 10.0. The molecule has 0 spiro atoms. The SMILES string of the molecule is C/C=C/C1CCC(c2ccc(-c3ccc(-c4ccc(OCCCCCCCC)c(F)c4F)cc3)cc2F)CO1. The van der Waals surface area contributed by atoms with E-state index in [9.17, 15) is 8.78 Å². The van der Waals surface area contributed by atoms with Crippen LogP contribution in [-0.2, 0) is 4.74 Å². The summed E-state index contributed by atoms with van der Waals surface area (Å²) in [6.07, 6.45) is 12.5. The highest BCUT2D eigenvalue weighted by Gasteiger charge is 2.24. The number of halogens is 3. The Hall–Kier alpha value is -3.05. The molecule has 1 heterocycles. The molecule has 4 rings (SSSR count). The van der Waals surface area contributed by atoms with Gasteiger partial charge in [-0.1, -0.05) is 87.6 Å². The maximum Gasteiger partial charge on any atom is 0.201 e. The Bertz CT molecular complexity index is 1230. The van der Waals surface area contributed by atoms with Crippen molar-refractivity contribution in [2.24, 2.45) is 0 Å². The summed E-state index contributed by atoms with van der Waals surface area (Å²) in [5, 5.41) is 0. The summed E-state index contributed by atoms with van der Waals surface area (Å²) in [7, 11) is 0. The number of unbranched alkanes of at least 4 members (excludes halogenated alkanes) is 5. The molecule has 2 unspecified atom stereocenters. The molecule has 0 amide bonds. The molecular weight excluding hydrogens is 497 g/mol. The van der Waals surface area contributed by atoms with E-state index >= 15 is 4.39 Å². The highest BCUT2D eigenvalue weighted by Crippen LogP contribution is 2.34. The summed E-state index contributed by atoms with van der Waals surface area (Å²) >= 11 is 0. The molecule has 208 valence electrons. The molecule has 0 saturated carbocycles. The van der Waals surface area contributed by atoms with Crippen LogP contribution in [-0.4, -0.2) is 19.3 Å². The van der Waals surface area contributed by atoms with Gasteiger partial charge in [0.1, 0.15) is 5.82 Å². The van der Waals surface area contributed by atoms with E-state index in [0.29, 0.717) is 24.3 Å². The highest BCUT2D eigenvalue weighted by molar-refractivity contribution is 5.71. The van der Waals surface area contributed by atoms with Crippen molar-refractivity contribution in [2.45, 2.75) is 77.2 Å². The summed E-state index contributed by atoms with van der Waals surface area (Å²) < 4.78 is 56.0. The monoisotopic (exact) mass is 536 g/mol. The third-order valence-electron chi connectivity index (χ3n) is 7.49. The Morgan fingerprint density at radius 1 is 0.821 bits per heavy atom. The number of allylic oxidation sites excluding steroid dienone is 1. The Morgan fingerprint density at radius 3 is 2.23 bits per heavy atom. The van der Waals surface area contributed by atoms with E-state index in [1.807, 2.05) is 31.2 Å². The fraction of sp³-hybridized carbons (Fsp3) is 0.412. The normalized spacial score (nSPS) is 17.6. The molecular formula is C34H39F3O2. The fourth-order valence-electron chi connectivity index (χ4n) is 5.19. The summed E-state index contributed by atoms with van der Waals surface area (Å²) in [5.74, 6) is -2.16. The second-order valence-electron chi connectivity index (χ2n) is 10.3. The van der Waals surface area contributed by atoms with Gasteiger partial charge in [0.05, 0.1) is 19.3 Å². The molecule has 3 aromatic carbocycles. The van der Waals surface area contributed by atoms with Crippen molar-refractivity contribution >= 4 is 0 Å². The third-order valence-corrected chi connectivity index (χ3v) is 7.49. The number of hydrogen-bond acceptors (Lipinski definition) is 2. The van der Waals surface area contributed by atoms with Crippen LogP contribution in [0.5, 0.6) is 5.75 Å². The van der Waals surface area contributed by atoms with E-state index in [1.54, 1.807) is 36.4 Å². The van der Waals surface area contributed by atoms with Gasteiger partial charge >= 0.3 is 0 Å². The smallest absolute Gasteiger partial charge is 0.201 e. The van der Waals surface area contributed by atoms with Crippen LogP contribution in [0.1, 0.15) is 76.7 Å². The zero-order valence-corrected chi connectivity index (χ0v) is 23.0. The number of ether oxygens (including phenoxy) is 2. The lowest BCUT2D eigenvalue weighted by Gasteiger charge is -2.28. The van der Waals surface area contributed by atoms with Gasteiger partial charge in [0, 0.05) is 11.5 Å². The van der Waals surface area contributed by atoms with Crippen molar-refractivity contribution in [1.82, 2.24) is 0 Å². The molecule has 0 radical (unpaired) electrons. The molecule has 5 heteroatoms. The molecule has 0 aliphatic carbocycles. The van der Waals surface area contributed by atoms with Gasteiger partial charge < -0.3 is 9.47 Å². The van der Waals surface area contributed by atoms with Crippen molar-refractivity contribution in [1.29, 1.82) is 0 Å². The number of benzene rings is 3. The van der Waals surface area contributed by atoms with Crippen LogP contribution in [0.3, 0.4) is 0 Å². The Labute approximate surface area is 230 Å². The van der Waals surface area contributed by atoms with Crippen LogP contribution in [0.25, 0.3) is 22.3 Å². The van der Waals surface area contributed by atoms with E-state index < -0.39 is 11.6 Å². The first-order valence-corrected chi connectivity index (χ1v) is 14.3. The van der Waals surface area contributed by atoms with Gasteiger partial charge in [0.2, 0.25) is 5.82 Å². The molecule has 1 aliphatic rings. The standard InChI is InChI=1S/C34H39F3O2/c1-3-5-6-7-8-9-21-38-32-20-19-30(33(36)34(32)37)25-13-11-24(12-14-25)26-16-18-29(31(35)22-26)27-15-17-28(10-4-2)39-23-27/h4,10-14,16,18-20,22,27-28H,3,5-9,15,17,21,23H2,1-2H3/b10-4+. The van der Waals surface area contributed by atoms with Crippen LogP contribution in [0.4, 0.5) is 13.2 Å². The first-order valence-electron chi connectivity index (χ1n) is 14.3. The van der Waals surface area contributed by atoms with Gasteiger partial charge in [-0.3, -0.25) is 0 Å². The number of hydrogen-bond donors (Lipinski definition) is 0. The molecule has 3 aromatic rings. The van der Waals surface area contributed by atoms with Crippen LogP contribution in [0.2, 0.25) is 0 Å². The molecule has 2 atom stereocenters. The van der Waals surface area contributed by atoms with Gasteiger partial charge in [-0.2, -0.15) is 4.39 Å². The summed E-state index contributed by atoms with van der Waals surface area (Å²) in [4.78, 5) is 0.